The Balaban J connectivity index is 1.16. The normalized spacial score (nSPS) is 16.5. The third kappa shape index (κ3) is 4.51. The van der Waals surface area contributed by atoms with Crippen LogP contribution in [0.3, 0.4) is 0 Å². The van der Waals surface area contributed by atoms with E-state index in [9.17, 15) is 9.59 Å². The first kappa shape index (κ1) is 21.3. The van der Waals surface area contributed by atoms with Gasteiger partial charge >= 0.3 is 0 Å². The number of amides is 1. The topological polar surface area (TPSA) is 96.8 Å². The summed E-state index contributed by atoms with van der Waals surface area (Å²) in [6.45, 7) is 1.29. The fraction of sp³-hybridized carbons (Fsp3) is 0.400. The number of piperidine rings is 1. The molecule has 0 spiro atoms. The molecule has 0 bridgehead atoms. The number of benzene rings is 2. The molecule has 0 radical (unpaired) electrons. The van der Waals surface area contributed by atoms with Gasteiger partial charge in [-0.05, 0) is 56.4 Å². The van der Waals surface area contributed by atoms with Crippen molar-refractivity contribution < 1.29 is 4.79 Å². The number of para-hydroxylation sites is 2. The number of aromatic amines is 1. The van der Waals surface area contributed by atoms with Crippen LogP contribution in [0.1, 0.15) is 56.8 Å². The van der Waals surface area contributed by atoms with Gasteiger partial charge in [0.05, 0.1) is 22.5 Å². The molecule has 1 atom stereocenters. The number of nitrogens with zero attached hydrogens (tertiary/aromatic N) is 5. The number of H-pyrrole nitrogens is 1. The molecule has 2 aromatic carbocycles. The highest BCUT2D eigenvalue weighted by Gasteiger charge is 2.29. The average molecular weight is 445 g/mol. The van der Waals surface area contributed by atoms with E-state index in [2.05, 4.69) is 15.3 Å². The molecule has 0 aliphatic carbocycles. The van der Waals surface area contributed by atoms with Gasteiger partial charge in [0, 0.05) is 19.5 Å². The van der Waals surface area contributed by atoms with Crippen molar-refractivity contribution in [3.63, 3.8) is 0 Å². The first-order valence-corrected chi connectivity index (χ1v) is 11.8. The van der Waals surface area contributed by atoms with Crippen LogP contribution < -0.4 is 5.56 Å². The van der Waals surface area contributed by atoms with Gasteiger partial charge in [0.1, 0.15) is 11.3 Å². The lowest BCUT2D eigenvalue weighted by Crippen LogP contribution is -2.38. The van der Waals surface area contributed by atoms with Crippen molar-refractivity contribution in [2.24, 2.45) is 0 Å². The fourth-order valence-electron chi connectivity index (χ4n) is 4.67. The SMILES string of the molecule is O=C(CCCCCn1nnc2ccccc2c1=O)N1CCCCC1c1nc2ccccc2[nH]1. The fourth-order valence-corrected chi connectivity index (χ4v) is 4.67. The Labute approximate surface area is 191 Å². The van der Waals surface area contributed by atoms with Gasteiger partial charge in [-0.25, -0.2) is 9.67 Å². The largest absolute Gasteiger partial charge is 0.340 e. The second-order valence-corrected chi connectivity index (χ2v) is 8.68. The minimum atomic E-state index is -0.112. The van der Waals surface area contributed by atoms with Gasteiger partial charge in [-0.1, -0.05) is 35.9 Å². The van der Waals surface area contributed by atoms with E-state index in [0.29, 0.717) is 23.9 Å². The summed E-state index contributed by atoms with van der Waals surface area (Å²) in [5, 5.41) is 8.76. The molecule has 8 heteroatoms. The number of imidazole rings is 1. The van der Waals surface area contributed by atoms with Crippen LogP contribution in [0.4, 0.5) is 0 Å². The van der Waals surface area contributed by atoms with E-state index in [1.807, 2.05) is 41.3 Å². The monoisotopic (exact) mass is 444 g/mol. The van der Waals surface area contributed by atoms with Crippen LogP contribution in [0.25, 0.3) is 21.9 Å². The predicted molar refractivity (Wildman–Crippen MR) is 127 cm³/mol. The molecule has 1 aliphatic heterocycles. The molecule has 1 fully saturated rings. The van der Waals surface area contributed by atoms with Crippen LogP contribution in [-0.2, 0) is 11.3 Å². The lowest BCUT2D eigenvalue weighted by atomic mass is 10.0. The molecular formula is C25H28N6O2. The highest BCUT2D eigenvalue weighted by Crippen LogP contribution is 2.31. The summed E-state index contributed by atoms with van der Waals surface area (Å²) < 4.78 is 1.42. The van der Waals surface area contributed by atoms with E-state index < -0.39 is 0 Å². The first-order valence-electron chi connectivity index (χ1n) is 11.8. The van der Waals surface area contributed by atoms with Crippen LogP contribution in [0.2, 0.25) is 0 Å². The summed E-state index contributed by atoms with van der Waals surface area (Å²) in [5.74, 6) is 1.07. The van der Waals surface area contributed by atoms with E-state index in [-0.39, 0.29) is 17.5 Å². The second kappa shape index (κ2) is 9.52. The minimum Gasteiger partial charge on any atom is -0.340 e. The van der Waals surface area contributed by atoms with Gasteiger partial charge in [0.25, 0.3) is 5.56 Å². The number of hydrogen-bond acceptors (Lipinski definition) is 5. The molecule has 33 heavy (non-hydrogen) atoms. The number of likely N-dealkylation sites (tertiary alicyclic amines) is 1. The predicted octanol–water partition coefficient (Wildman–Crippen LogP) is 3.98. The Hall–Kier alpha value is -3.55. The molecular weight excluding hydrogens is 416 g/mol. The Kier molecular flexibility index (Phi) is 6.15. The zero-order valence-corrected chi connectivity index (χ0v) is 18.6. The Morgan fingerprint density at radius 3 is 2.70 bits per heavy atom. The van der Waals surface area contributed by atoms with E-state index in [1.165, 1.54) is 4.68 Å². The highest BCUT2D eigenvalue weighted by atomic mass is 16.2. The summed E-state index contributed by atoms with van der Waals surface area (Å²) in [7, 11) is 0. The summed E-state index contributed by atoms with van der Waals surface area (Å²) in [6, 6.07) is 15.3. The van der Waals surface area contributed by atoms with Crippen LogP contribution in [0.15, 0.2) is 53.3 Å². The quantitative estimate of drug-likeness (QED) is 0.435. The second-order valence-electron chi connectivity index (χ2n) is 8.68. The maximum Gasteiger partial charge on any atom is 0.277 e. The number of rotatable bonds is 7. The summed E-state index contributed by atoms with van der Waals surface area (Å²) in [6.07, 6.45) is 6.02. The number of hydrogen-bond donors (Lipinski definition) is 1. The number of unbranched alkanes of at least 4 members (excludes halogenated alkanes) is 2. The Morgan fingerprint density at radius 2 is 1.82 bits per heavy atom. The zero-order chi connectivity index (χ0) is 22.6. The molecule has 1 amide bonds. The summed E-state index contributed by atoms with van der Waals surface area (Å²) in [4.78, 5) is 35.7. The third-order valence-corrected chi connectivity index (χ3v) is 6.44. The number of nitrogens with one attached hydrogen (secondary N) is 1. The van der Waals surface area contributed by atoms with E-state index in [1.54, 1.807) is 12.1 Å². The molecule has 4 aromatic rings. The maximum absolute atomic E-state index is 13.0. The van der Waals surface area contributed by atoms with Crippen molar-refractivity contribution in [3.8, 4) is 0 Å². The third-order valence-electron chi connectivity index (χ3n) is 6.44. The first-order chi connectivity index (χ1) is 16.2. The molecule has 1 aliphatic rings. The van der Waals surface area contributed by atoms with Gasteiger partial charge in [-0.15, -0.1) is 5.10 Å². The number of carbonyl (C=O) groups excluding carboxylic acids is 1. The lowest BCUT2D eigenvalue weighted by molar-refractivity contribution is -0.135. The van der Waals surface area contributed by atoms with Crippen LogP contribution in [0.5, 0.6) is 0 Å². The maximum atomic E-state index is 13.0. The van der Waals surface area contributed by atoms with Crippen LogP contribution >= 0.6 is 0 Å². The number of fused-ring (bicyclic) bond motifs is 2. The highest BCUT2D eigenvalue weighted by molar-refractivity contribution is 5.78. The average Bonchev–Trinajstić information content (AvgIpc) is 3.29. The molecule has 3 heterocycles. The zero-order valence-electron chi connectivity index (χ0n) is 18.6. The molecule has 2 aromatic heterocycles. The van der Waals surface area contributed by atoms with Gasteiger partial charge in [-0.3, -0.25) is 9.59 Å². The molecule has 8 nitrogen and oxygen atoms in total. The Morgan fingerprint density at radius 1 is 1.00 bits per heavy atom. The minimum absolute atomic E-state index is 0.0186. The van der Waals surface area contributed by atoms with Crippen molar-refractivity contribution in [1.82, 2.24) is 29.9 Å². The Bertz CT molecular complexity index is 1290. The van der Waals surface area contributed by atoms with Crippen LogP contribution in [0, 0.1) is 0 Å². The van der Waals surface area contributed by atoms with Crippen LogP contribution in [-0.4, -0.2) is 42.3 Å². The number of aromatic nitrogens is 5. The molecule has 1 saturated heterocycles. The van der Waals surface area contributed by atoms with E-state index >= 15 is 0 Å². The lowest BCUT2D eigenvalue weighted by Gasteiger charge is -2.34. The van der Waals surface area contributed by atoms with E-state index in [4.69, 9.17) is 4.98 Å². The molecule has 0 saturated carbocycles. The summed E-state index contributed by atoms with van der Waals surface area (Å²) in [5.41, 5.74) is 2.46. The smallest absolute Gasteiger partial charge is 0.277 e. The van der Waals surface area contributed by atoms with Crippen molar-refractivity contribution in [1.29, 1.82) is 0 Å². The number of carbonyl (C=O) groups is 1. The van der Waals surface area contributed by atoms with Gasteiger partial charge < -0.3 is 9.88 Å². The molecule has 170 valence electrons. The number of aryl methyl sites for hydroxylation is 1. The standard InChI is InChI=1S/C25H28N6O2/c32-23(15-2-1-8-17-31-25(33)18-10-3-4-11-19(18)28-29-31)30-16-9-7-14-22(30)24-26-20-12-5-6-13-21(20)27-24/h3-6,10-13,22H,1-2,7-9,14-17H2,(H,26,27). The van der Waals surface area contributed by atoms with Crippen molar-refractivity contribution in [2.75, 3.05) is 6.54 Å². The van der Waals surface area contributed by atoms with Crippen molar-refractivity contribution in [2.45, 2.75) is 57.5 Å². The van der Waals surface area contributed by atoms with Crippen molar-refractivity contribution in [3.05, 3.63) is 64.7 Å². The van der Waals surface area contributed by atoms with Gasteiger partial charge in [0.15, 0.2) is 0 Å². The molecule has 1 N–H and O–H groups in total. The van der Waals surface area contributed by atoms with E-state index in [0.717, 1.165) is 61.9 Å². The summed E-state index contributed by atoms with van der Waals surface area (Å²) >= 11 is 0. The van der Waals surface area contributed by atoms with Gasteiger partial charge in [-0.2, -0.15) is 0 Å². The molecule has 1 unspecified atom stereocenters. The van der Waals surface area contributed by atoms with Gasteiger partial charge in [0.2, 0.25) is 5.91 Å². The van der Waals surface area contributed by atoms with Crippen molar-refractivity contribution >= 4 is 27.8 Å². The molecule has 5 rings (SSSR count).